The maximum Gasteiger partial charge on any atom is 0.223 e. The van der Waals surface area contributed by atoms with Crippen LogP contribution in [-0.4, -0.2) is 40.0 Å². The van der Waals surface area contributed by atoms with E-state index in [2.05, 4.69) is 10.3 Å². The number of aromatic nitrogens is 1. The van der Waals surface area contributed by atoms with Gasteiger partial charge in [0.2, 0.25) is 5.91 Å². The number of nitrogens with zero attached hydrogens (tertiary/aromatic N) is 1. The molecule has 1 amide bonds. The van der Waals surface area contributed by atoms with Crippen LogP contribution in [0.4, 0.5) is 4.39 Å². The van der Waals surface area contributed by atoms with Crippen molar-refractivity contribution in [1.82, 2.24) is 10.3 Å². The monoisotopic (exact) mass is 466 g/mol. The number of hydrogen-bond donors (Lipinski definition) is 2. The van der Waals surface area contributed by atoms with Gasteiger partial charge in [-0.25, -0.2) is 4.39 Å². The fraction of sp³-hybridized carbons (Fsp3) is 0.593. The van der Waals surface area contributed by atoms with E-state index in [0.29, 0.717) is 35.3 Å². The van der Waals surface area contributed by atoms with Gasteiger partial charge in [-0.15, -0.1) is 0 Å². The molecule has 2 aromatic rings. The summed E-state index contributed by atoms with van der Waals surface area (Å²) in [6, 6.07) is 6.35. The molecule has 5 fully saturated rings. The van der Waals surface area contributed by atoms with Gasteiger partial charge in [0.15, 0.2) is 0 Å². The first-order chi connectivity index (χ1) is 16.3. The standard InChI is InChI=1S/C27H31FN2O4/c1-15(25(33)30-27-12-26(13-27,14-27)11-17(32)5-7-31)24-19-9-18(10-20(19)24)34-23-4-6-29-22-3-2-16(28)8-21(22)23/h2-4,6,8,15,18-20,24,31H,5,7,9-14H2,1H3,(H,30,33)/t15?,18?,19-,20+,24?,26?,27?. The first-order valence-electron chi connectivity index (χ1n) is 12.5. The summed E-state index contributed by atoms with van der Waals surface area (Å²) in [4.78, 5) is 29.1. The first-order valence-corrected chi connectivity index (χ1v) is 12.5. The third-order valence-corrected chi connectivity index (χ3v) is 8.91. The highest BCUT2D eigenvalue weighted by Gasteiger charge is 2.69. The smallest absolute Gasteiger partial charge is 0.223 e. The number of aliphatic hydroxyl groups excluding tert-OH is 1. The Morgan fingerprint density at radius 1 is 1.24 bits per heavy atom. The van der Waals surface area contributed by atoms with Crippen LogP contribution in [0.5, 0.6) is 5.75 Å². The Hall–Kier alpha value is -2.54. The van der Waals surface area contributed by atoms with Crippen LogP contribution in [0.2, 0.25) is 0 Å². The third-order valence-electron chi connectivity index (χ3n) is 8.91. The van der Waals surface area contributed by atoms with Crippen molar-refractivity contribution in [3.63, 3.8) is 0 Å². The summed E-state index contributed by atoms with van der Waals surface area (Å²) in [6.45, 7) is 1.96. The Kier molecular flexibility index (Phi) is 5.00. The van der Waals surface area contributed by atoms with Crippen molar-refractivity contribution in [2.45, 2.75) is 63.5 Å². The van der Waals surface area contributed by atoms with Gasteiger partial charge < -0.3 is 15.2 Å². The molecule has 1 aromatic heterocycles. The highest BCUT2D eigenvalue weighted by atomic mass is 19.1. The highest BCUT2D eigenvalue weighted by molar-refractivity contribution is 5.85. The molecule has 3 unspecified atom stereocenters. The van der Waals surface area contributed by atoms with Crippen LogP contribution < -0.4 is 10.1 Å². The van der Waals surface area contributed by atoms with Crippen molar-refractivity contribution in [2.75, 3.05) is 6.61 Å². The Balaban J connectivity index is 0.997. The second-order valence-electron chi connectivity index (χ2n) is 11.4. The normalized spacial score (nSPS) is 35.6. The van der Waals surface area contributed by atoms with Gasteiger partial charge in [-0.3, -0.25) is 14.6 Å². The molecule has 5 aliphatic rings. The van der Waals surface area contributed by atoms with Crippen molar-refractivity contribution in [3.05, 3.63) is 36.3 Å². The lowest BCUT2D eigenvalue weighted by atomic mass is 9.38. The average Bonchev–Trinajstić information content (AvgIpc) is 3.25. The number of ether oxygens (including phenoxy) is 1. The number of amides is 1. The molecule has 5 aliphatic carbocycles. The predicted molar refractivity (Wildman–Crippen MR) is 123 cm³/mol. The molecule has 2 bridgehead atoms. The number of carbonyl (C=O) groups excluding carboxylic acids is 2. The van der Waals surface area contributed by atoms with E-state index < -0.39 is 0 Å². The van der Waals surface area contributed by atoms with Crippen LogP contribution in [0.25, 0.3) is 10.9 Å². The molecule has 2 N–H and O–H groups in total. The Labute approximate surface area is 198 Å². The van der Waals surface area contributed by atoms with E-state index in [0.717, 1.165) is 37.6 Å². The van der Waals surface area contributed by atoms with Crippen LogP contribution in [0.3, 0.4) is 0 Å². The molecule has 0 aliphatic heterocycles. The number of halogens is 1. The van der Waals surface area contributed by atoms with Gasteiger partial charge in [0, 0.05) is 42.5 Å². The van der Waals surface area contributed by atoms with Gasteiger partial charge in [0.05, 0.1) is 11.6 Å². The number of fused-ring (bicyclic) bond motifs is 2. The summed E-state index contributed by atoms with van der Waals surface area (Å²) >= 11 is 0. The zero-order valence-electron chi connectivity index (χ0n) is 19.4. The topological polar surface area (TPSA) is 88.5 Å². The maximum absolute atomic E-state index is 13.7. The number of rotatable bonds is 9. The second-order valence-corrected chi connectivity index (χ2v) is 11.4. The van der Waals surface area contributed by atoms with Gasteiger partial charge in [-0.1, -0.05) is 6.92 Å². The molecule has 1 heterocycles. The Morgan fingerprint density at radius 3 is 2.68 bits per heavy atom. The van der Waals surface area contributed by atoms with Gasteiger partial charge in [0.25, 0.3) is 0 Å². The number of hydrogen-bond acceptors (Lipinski definition) is 5. The summed E-state index contributed by atoms with van der Waals surface area (Å²) in [6.07, 6.45) is 7.08. The number of pyridine rings is 1. The zero-order valence-corrected chi connectivity index (χ0v) is 19.4. The Morgan fingerprint density at radius 2 is 1.97 bits per heavy atom. The van der Waals surface area contributed by atoms with Crippen molar-refractivity contribution >= 4 is 22.6 Å². The average molecular weight is 467 g/mol. The van der Waals surface area contributed by atoms with Gasteiger partial charge in [-0.2, -0.15) is 0 Å². The molecule has 0 radical (unpaired) electrons. The second kappa shape index (κ2) is 7.74. The van der Waals surface area contributed by atoms with Crippen LogP contribution >= 0.6 is 0 Å². The SMILES string of the molecule is CC(C(=O)NC12CC(CC(=O)CCO)(C1)C2)C1[C@H]2CC(Oc3ccnc4ccc(F)cc34)C[C@@H]12. The summed E-state index contributed by atoms with van der Waals surface area (Å²) in [5.74, 6) is 2.04. The molecular formula is C27H31FN2O4. The van der Waals surface area contributed by atoms with E-state index in [-0.39, 0.29) is 53.5 Å². The quantitative estimate of drug-likeness (QED) is 0.587. The number of benzene rings is 1. The van der Waals surface area contributed by atoms with Crippen LogP contribution in [0.15, 0.2) is 30.5 Å². The summed E-state index contributed by atoms with van der Waals surface area (Å²) in [5.41, 5.74) is 0.695. The molecule has 0 spiro atoms. The van der Waals surface area contributed by atoms with Crippen molar-refractivity contribution in [3.8, 4) is 5.75 Å². The number of Topliss-reactive ketones (excluding diaryl/α,β-unsaturated/α-hetero) is 1. The van der Waals surface area contributed by atoms with Crippen molar-refractivity contribution in [1.29, 1.82) is 0 Å². The van der Waals surface area contributed by atoms with Crippen LogP contribution in [-0.2, 0) is 9.59 Å². The molecule has 7 rings (SSSR count). The summed E-state index contributed by atoms with van der Waals surface area (Å²) in [7, 11) is 0. The lowest BCUT2D eigenvalue weighted by Gasteiger charge is -2.71. The maximum atomic E-state index is 13.7. The van der Waals surface area contributed by atoms with E-state index in [1.807, 2.05) is 6.92 Å². The number of aliphatic hydroxyl groups is 1. The Bertz CT molecular complexity index is 1130. The fourth-order valence-corrected chi connectivity index (χ4v) is 7.55. The van der Waals surface area contributed by atoms with E-state index in [1.165, 1.54) is 12.1 Å². The van der Waals surface area contributed by atoms with E-state index in [4.69, 9.17) is 9.84 Å². The minimum absolute atomic E-state index is 0.0206. The highest BCUT2D eigenvalue weighted by Crippen LogP contribution is 2.69. The number of nitrogens with one attached hydrogen (secondary N) is 1. The third kappa shape index (κ3) is 3.60. The minimum Gasteiger partial charge on any atom is -0.490 e. The number of ketones is 1. The lowest BCUT2D eigenvalue weighted by Crippen LogP contribution is -2.75. The van der Waals surface area contributed by atoms with Crippen molar-refractivity contribution in [2.24, 2.45) is 29.1 Å². The molecule has 7 heteroatoms. The summed E-state index contributed by atoms with van der Waals surface area (Å²) in [5, 5.41) is 12.9. The van der Waals surface area contributed by atoms with Crippen molar-refractivity contribution < 1.29 is 23.8 Å². The van der Waals surface area contributed by atoms with Crippen LogP contribution in [0, 0.1) is 34.9 Å². The molecule has 34 heavy (non-hydrogen) atoms. The molecule has 0 saturated heterocycles. The molecule has 1 aromatic carbocycles. The summed E-state index contributed by atoms with van der Waals surface area (Å²) < 4.78 is 20.0. The van der Waals surface area contributed by atoms with Gasteiger partial charge in [-0.05, 0) is 79.5 Å². The van der Waals surface area contributed by atoms with Gasteiger partial charge in [0.1, 0.15) is 17.3 Å². The fourth-order valence-electron chi connectivity index (χ4n) is 7.55. The molecule has 5 atom stereocenters. The lowest BCUT2D eigenvalue weighted by molar-refractivity contribution is -0.174. The number of carbonyl (C=O) groups is 2. The predicted octanol–water partition coefficient (Wildman–Crippen LogP) is 3.79. The van der Waals surface area contributed by atoms with Crippen LogP contribution in [0.1, 0.15) is 51.9 Å². The molecule has 180 valence electrons. The minimum atomic E-state index is -0.300. The molecule has 6 nitrogen and oxygen atoms in total. The molecular weight excluding hydrogens is 435 g/mol. The van der Waals surface area contributed by atoms with E-state index >= 15 is 0 Å². The largest absolute Gasteiger partial charge is 0.490 e. The zero-order chi connectivity index (χ0) is 23.7. The van der Waals surface area contributed by atoms with E-state index in [1.54, 1.807) is 18.3 Å². The van der Waals surface area contributed by atoms with Gasteiger partial charge >= 0.3 is 0 Å². The van der Waals surface area contributed by atoms with E-state index in [9.17, 15) is 14.0 Å². The first kappa shape index (κ1) is 22.0. The molecule has 5 saturated carbocycles.